The first-order valence-corrected chi connectivity index (χ1v) is 8.81. The van der Waals surface area contributed by atoms with E-state index in [1.807, 2.05) is 24.3 Å². The first-order valence-electron chi connectivity index (χ1n) is 8.81. The second-order valence-corrected chi connectivity index (χ2v) is 6.66. The van der Waals surface area contributed by atoms with Crippen LogP contribution in [0.1, 0.15) is 31.8 Å². The number of fused-ring (bicyclic) bond motifs is 1. The Kier molecular flexibility index (Phi) is 4.58. The summed E-state index contributed by atoms with van der Waals surface area (Å²) in [4.78, 5) is 23.9. The zero-order valence-corrected chi connectivity index (χ0v) is 15.0. The number of carbonyl (C=O) groups excluding carboxylic acids is 2. The molecule has 0 unspecified atom stereocenters. The average Bonchev–Trinajstić information content (AvgIpc) is 3.08. The van der Waals surface area contributed by atoms with Crippen molar-refractivity contribution in [2.75, 3.05) is 5.32 Å². The van der Waals surface area contributed by atoms with Crippen LogP contribution in [0.3, 0.4) is 0 Å². The summed E-state index contributed by atoms with van der Waals surface area (Å²) in [5, 5.41) is 5.44. The highest BCUT2D eigenvalue weighted by atomic mass is 19.4. The lowest BCUT2D eigenvalue weighted by atomic mass is 10.0. The van der Waals surface area contributed by atoms with Gasteiger partial charge in [0.15, 0.2) is 0 Å². The Morgan fingerprint density at radius 1 is 0.897 bits per heavy atom. The maximum atomic E-state index is 12.6. The minimum absolute atomic E-state index is 0.0760. The largest absolute Gasteiger partial charge is 0.416 e. The van der Waals surface area contributed by atoms with E-state index in [2.05, 4.69) is 10.6 Å². The van der Waals surface area contributed by atoms with Crippen molar-refractivity contribution in [2.24, 2.45) is 0 Å². The molecule has 0 atom stereocenters. The van der Waals surface area contributed by atoms with Crippen LogP contribution in [-0.4, -0.2) is 11.8 Å². The molecule has 0 radical (unpaired) electrons. The fourth-order valence-electron chi connectivity index (χ4n) is 3.17. The predicted molar refractivity (Wildman–Crippen MR) is 102 cm³/mol. The lowest BCUT2D eigenvalue weighted by molar-refractivity contribution is -0.137. The second-order valence-electron chi connectivity index (χ2n) is 6.66. The molecule has 0 bridgehead atoms. The summed E-state index contributed by atoms with van der Waals surface area (Å²) in [6.07, 6.45) is -4.44. The maximum Gasteiger partial charge on any atom is 0.416 e. The molecule has 29 heavy (non-hydrogen) atoms. The standard InChI is InChI=1S/C22H15F3N2O2/c23-22(24,25)17-6-1-14(2-7-17)20(28)27-18-8-3-13(4-9-18)15-5-10-19-16(11-15)12-26-21(19)29/h1-11H,12H2,(H,26,29)(H,27,28). The molecule has 0 aliphatic carbocycles. The maximum absolute atomic E-state index is 12.6. The zero-order chi connectivity index (χ0) is 20.6. The van der Waals surface area contributed by atoms with Gasteiger partial charge in [-0.1, -0.05) is 18.2 Å². The number of halogens is 3. The number of anilines is 1. The summed E-state index contributed by atoms with van der Waals surface area (Å²) in [5.41, 5.74) is 3.33. The fraction of sp³-hybridized carbons (Fsp3) is 0.0909. The summed E-state index contributed by atoms with van der Waals surface area (Å²) in [5.74, 6) is -0.568. The van der Waals surface area contributed by atoms with Gasteiger partial charge in [-0.2, -0.15) is 13.2 Å². The van der Waals surface area contributed by atoms with Crippen molar-refractivity contribution in [2.45, 2.75) is 12.7 Å². The summed E-state index contributed by atoms with van der Waals surface area (Å²) < 4.78 is 37.9. The molecule has 1 heterocycles. The summed E-state index contributed by atoms with van der Waals surface area (Å²) in [6, 6.07) is 16.7. The Labute approximate surface area is 164 Å². The molecule has 0 aromatic heterocycles. The van der Waals surface area contributed by atoms with Gasteiger partial charge in [-0.05, 0) is 65.2 Å². The Bertz CT molecular complexity index is 1090. The molecule has 0 saturated carbocycles. The monoisotopic (exact) mass is 396 g/mol. The van der Waals surface area contributed by atoms with Gasteiger partial charge in [-0.15, -0.1) is 0 Å². The van der Waals surface area contributed by atoms with E-state index in [1.54, 1.807) is 18.2 Å². The number of hydrogen-bond donors (Lipinski definition) is 2. The van der Waals surface area contributed by atoms with Crippen LogP contribution < -0.4 is 10.6 Å². The lowest BCUT2D eigenvalue weighted by Gasteiger charge is -2.09. The summed E-state index contributed by atoms with van der Waals surface area (Å²) >= 11 is 0. The third-order valence-electron chi connectivity index (χ3n) is 4.74. The van der Waals surface area contributed by atoms with Crippen molar-refractivity contribution < 1.29 is 22.8 Å². The molecule has 3 aromatic rings. The summed E-state index contributed by atoms with van der Waals surface area (Å²) in [6.45, 7) is 0.503. The predicted octanol–water partition coefficient (Wildman–Crippen LogP) is 4.87. The molecule has 0 saturated heterocycles. The topological polar surface area (TPSA) is 58.2 Å². The van der Waals surface area contributed by atoms with Gasteiger partial charge in [0.25, 0.3) is 11.8 Å². The van der Waals surface area contributed by atoms with Crippen LogP contribution in [0.25, 0.3) is 11.1 Å². The van der Waals surface area contributed by atoms with Gasteiger partial charge in [-0.25, -0.2) is 0 Å². The molecular weight excluding hydrogens is 381 g/mol. The van der Waals surface area contributed by atoms with E-state index in [9.17, 15) is 22.8 Å². The molecule has 0 fully saturated rings. The fourth-order valence-corrected chi connectivity index (χ4v) is 3.17. The van der Waals surface area contributed by atoms with E-state index in [4.69, 9.17) is 0 Å². The Morgan fingerprint density at radius 3 is 2.21 bits per heavy atom. The van der Waals surface area contributed by atoms with E-state index in [1.165, 1.54) is 0 Å². The number of hydrogen-bond acceptors (Lipinski definition) is 2. The van der Waals surface area contributed by atoms with Gasteiger partial charge >= 0.3 is 6.18 Å². The third-order valence-corrected chi connectivity index (χ3v) is 4.74. The van der Waals surface area contributed by atoms with Crippen LogP contribution in [-0.2, 0) is 12.7 Å². The van der Waals surface area contributed by atoms with Gasteiger partial charge in [0, 0.05) is 23.4 Å². The van der Waals surface area contributed by atoms with E-state index < -0.39 is 17.6 Å². The normalized spacial score (nSPS) is 13.0. The number of rotatable bonds is 3. The molecule has 3 aromatic carbocycles. The van der Waals surface area contributed by atoms with E-state index in [-0.39, 0.29) is 11.5 Å². The Balaban J connectivity index is 1.47. The van der Waals surface area contributed by atoms with E-state index in [0.717, 1.165) is 41.0 Å². The number of nitrogens with one attached hydrogen (secondary N) is 2. The van der Waals surface area contributed by atoms with Gasteiger partial charge in [0.05, 0.1) is 5.56 Å². The van der Waals surface area contributed by atoms with Crippen LogP contribution in [0.5, 0.6) is 0 Å². The van der Waals surface area contributed by atoms with Crippen molar-refractivity contribution >= 4 is 17.5 Å². The van der Waals surface area contributed by atoms with E-state index >= 15 is 0 Å². The molecular formula is C22H15F3N2O2. The molecule has 7 heteroatoms. The molecule has 2 N–H and O–H groups in total. The van der Waals surface area contributed by atoms with Gasteiger partial charge in [0.2, 0.25) is 0 Å². The smallest absolute Gasteiger partial charge is 0.348 e. The highest BCUT2D eigenvalue weighted by Gasteiger charge is 2.30. The first-order chi connectivity index (χ1) is 13.8. The van der Waals surface area contributed by atoms with Crippen LogP contribution in [0.15, 0.2) is 66.7 Å². The van der Waals surface area contributed by atoms with Crippen LogP contribution in [0, 0.1) is 0 Å². The lowest BCUT2D eigenvalue weighted by Crippen LogP contribution is -2.12. The number of carbonyl (C=O) groups is 2. The molecule has 0 spiro atoms. The van der Waals surface area contributed by atoms with Crippen molar-refractivity contribution in [1.82, 2.24) is 5.32 Å². The third kappa shape index (κ3) is 3.85. The van der Waals surface area contributed by atoms with Crippen LogP contribution in [0.4, 0.5) is 18.9 Å². The number of amides is 2. The molecule has 4 rings (SSSR count). The SMILES string of the molecule is O=C(Nc1ccc(-c2ccc3c(c2)CNC3=O)cc1)c1ccc(C(F)(F)F)cc1. The van der Waals surface area contributed by atoms with Gasteiger partial charge in [-0.3, -0.25) is 9.59 Å². The van der Waals surface area contributed by atoms with Gasteiger partial charge < -0.3 is 10.6 Å². The van der Waals surface area contributed by atoms with Crippen molar-refractivity contribution in [3.05, 3.63) is 89.0 Å². The molecule has 146 valence electrons. The minimum atomic E-state index is -4.44. The first kappa shape index (κ1) is 18.7. The summed E-state index contributed by atoms with van der Waals surface area (Å²) in [7, 11) is 0. The Morgan fingerprint density at radius 2 is 1.55 bits per heavy atom. The van der Waals surface area contributed by atoms with Crippen molar-refractivity contribution in [3.8, 4) is 11.1 Å². The second kappa shape index (κ2) is 7.09. The number of alkyl halides is 3. The number of benzene rings is 3. The van der Waals surface area contributed by atoms with Gasteiger partial charge in [0.1, 0.15) is 0 Å². The highest BCUT2D eigenvalue weighted by molar-refractivity contribution is 6.04. The zero-order valence-electron chi connectivity index (χ0n) is 15.0. The molecule has 1 aliphatic heterocycles. The minimum Gasteiger partial charge on any atom is -0.348 e. The van der Waals surface area contributed by atoms with Crippen LogP contribution in [0.2, 0.25) is 0 Å². The molecule has 2 amide bonds. The van der Waals surface area contributed by atoms with Crippen molar-refractivity contribution in [1.29, 1.82) is 0 Å². The quantitative estimate of drug-likeness (QED) is 0.664. The molecule has 1 aliphatic rings. The van der Waals surface area contributed by atoms with E-state index in [0.29, 0.717) is 17.8 Å². The molecule has 4 nitrogen and oxygen atoms in total. The Hall–Kier alpha value is -3.61. The van der Waals surface area contributed by atoms with Crippen LogP contribution >= 0.6 is 0 Å². The average molecular weight is 396 g/mol. The van der Waals surface area contributed by atoms with Crippen molar-refractivity contribution in [3.63, 3.8) is 0 Å². The highest BCUT2D eigenvalue weighted by Crippen LogP contribution is 2.29.